The lowest BCUT2D eigenvalue weighted by molar-refractivity contribution is -0.128. The topological polar surface area (TPSA) is 56.1 Å². The van der Waals surface area contributed by atoms with Crippen LogP contribution in [0.3, 0.4) is 0 Å². The summed E-state index contributed by atoms with van der Waals surface area (Å²) in [5.41, 5.74) is 0.168. The van der Waals surface area contributed by atoms with Gasteiger partial charge in [0.25, 0.3) is 5.91 Å². The first-order chi connectivity index (χ1) is 8.19. The van der Waals surface area contributed by atoms with E-state index in [2.05, 4.69) is 18.8 Å². The van der Waals surface area contributed by atoms with Crippen LogP contribution in [-0.2, 0) is 4.79 Å². The van der Waals surface area contributed by atoms with Crippen molar-refractivity contribution in [1.82, 2.24) is 10.2 Å². The third kappa shape index (κ3) is 3.95. The third-order valence-corrected chi connectivity index (χ3v) is 2.93. The molecular formula is C13H19N3O. The zero-order valence-electron chi connectivity index (χ0n) is 10.3. The Morgan fingerprint density at radius 1 is 1.59 bits per heavy atom. The number of hydrogen-bond acceptors (Lipinski definition) is 3. The molecular weight excluding hydrogens is 214 g/mol. The fraction of sp³-hybridized carbons (Fsp3) is 0.538. The summed E-state index contributed by atoms with van der Waals surface area (Å²) >= 11 is 0. The molecule has 0 radical (unpaired) electrons. The van der Waals surface area contributed by atoms with Crippen molar-refractivity contribution in [2.24, 2.45) is 5.92 Å². The van der Waals surface area contributed by atoms with E-state index in [0.717, 1.165) is 25.9 Å². The van der Waals surface area contributed by atoms with Gasteiger partial charge >= 0.3 is 0 Å². The van der Waals surface area contributed by atoms with Crippen LogP contribution in [0.4, 0.5) is 0 Å². The molecule has 92 valence electrons. The monoisotopic (exact) mass is 233 g/mol. The van der Waals surface area contributed by atoms with E-state index in [1.165, 1.54) is 6.20 Å². The van der Waals surface area contributed by atoms with E-state index in [0.29, 0.717) is 12.5 Å². The molecule has 0 atom stereocenters. The standard InChI is InChI=1S/C13H19N3O/c1-3-6-15-10-12(9-14)13(17)16-7-4-11(2)5-8-16/h3,10-11,15H,1,4-8H2,2H3/b12-10-. The van der Waals surface area contributed by atoms with E-state index in [9.17, 15) is 4.79 Å². The lowest BCUT2D eigenvalue weighted by atomic mass is 9.99. The number of rotatable bonds is 4. The van der Waals surface area contributed by atoms with Gasteiger partial charge in [0, 0.05) is 25.8 Å². The van der Waals surface area contributed by atoms with Crippen LogP contribution in [0.25, 0.3) is 0 Å². The Labute approximate surface area is 103 Å². The number of nitrogens with zero attached hydrogens (tertiary/aromatic N) is 2. The maximum absolute atomic E-state index is 12.0. The molecule has 1 fully saturated rings. The second-order valence-electron chi connectivity index (χ2n) is 4.34. The highest BCUT2D eigenvalue weighted by molar-refractivity contribution is 5.97. The molecule has 0 aromatic heterocycles. The molecule has 0 bridgehead atoms. The summed E-state index contributed by atoms with van der Waals surface area (Å²) in [5.74, 6) is 0.503. The molecule has 1 heterocycles. The fourth-order valence-electron chi connectivity index (χ4n) is 1.77. The van der Waals surface area contributed by atoms with Gasteiger partial charge in [-0.2, -0.15) is 5.26 Å². The summed E-state index contributed by atoms with van der Waals surface area (Å²) < 4.78 is 0. The first kappa shape index (κ1) is 13.3. The molecule has 1 N–H and O–H groups in total. The van der Waals surface area contributed by atoms with E-state index < -0.39 is 0 Å². The van der Waals surface area contributed by atoms with Gasteiger partial charge in [-0.05, 0) is 18.8 Å². The molecule has 1 saturated heterocycles. The minimum absolute atomic E-state index is 0.168. The second-order valence-corrected chi connectivity index (χ2v) is 4.34. The van der Waals surface area contributed by atoms with E-state index in [4.69, 9.17) is 5.26 Å². The number of hydrogen-bond donors (Lipinski definition) is 1. The van der Waals surface area contributed by atoms with Crippen molar-refractivity contribution in [2.45, 2.75) is 19.8 Å². The van der Waals surface area contributed by atoms with E-state index in [1.54, 1.807) is 11.0 Å². The Morgan fingerprint density at radius 3 is 2.76 bits per heavy atom. The molecule has 0 unspecified atom stereocenters. The Bertz CT molecular complexity index is 346. The number of carbonyl (C=O) groups is 1. The number of nitrogens with one attached hydrogen (secondary N) is 1. The van der Waals surface area contributed by atoms with Gasteiger partial charge in [-0.25, -0.2) is 0 Å². The van der Waals surface area contributed by atoms with Gasteiger partial charge in [0.2, 0.25) is 0 Å². The van der Waals surface area contributed by atoms with Gasteiger partial charge in [-0.3, -0.25) is 4.79 Å². The zero-order valence-corrected chi connectivity index (χ0v) is 10.3. The maximum Gasteiger partial charge on any atom is 0.265 e. The molecule has 1 rings (SSSR count). The van der Waals surface area contributed by atoms with E-state index >= 15 is 0 Å². The highest BCUT2D eigenvalue weighted by Gasteiger charge is 2.22. The van der Waals surface area contributed by atoms with Crippen LogP contribution < -0.4 is 5.32 Å². The average molecular weight is 233 g/mol. The first-order valence-corrected chi connectivity index (χ1v) is 5.93. The minimum atomic E-state index is -0.170. The highest BCUT2D eigenvalue weighted by Crippen LogP contribution is 2.17. The van der Waals surface area contributed by atoms with Gasteiger partial charge in [0.1, 0.15) is 11.6 Å². The SMILES string of the molecule is C=CCN/C=C(/C#N)C(=O)N1CCC(C)CC1. The van der Waals surface area contributed by atoms with Crippen LogP contribution in [0, 0.1) is 17.2 Å². The average Bonchev–Trinajstić information content (AvgIpc) is 2.35. The first-order valence-electron chi connectivity index (χ1n) is 5.93. The molecule has 0 aromatic rings. The van der Waals surface area contributed by atoms with Crippen LogP contribution in [0.2, 0.25) is 0 Å². The van der Waals surface area contributed by atoms with Crippen molar-refractivity contribution in [3.8, 4) is 6.07 Å². The smallest absolute Gasteiger partial charge is 0.265 e. The normalized spacial score (nSPS) is 17.4. The van der Waals surface area contributed by atoms with E-state index in [1.807, 2.05) is 6.07 Å². The summed E-state index contributed by atoms with van der Waals surface area (Å²) in [5, 5.41) is 11.8. The Balaban J connectivity index is 2.57. The molecule has 0 aromatic carbocycles. The Hall–Kier alpha value is -1.76. The van der Waals surface area contributed by atoms with Crippen molar-refractivity contribution >= 4 is 5.91 Å². The van der Waals surface area contributed by atoms with E-state index in [-0.39, 0.29) is 11.5 Å². The Kier molecular flexibility index (Phi) is 5.28. The summed E-state index contributed by atoms with van der Waals surface area (Å²) in [7, 11) is 0. The van der Waals surface area contributed by atoms with Crippen LogP contribution in [0.1, 0.15) is 19.8 Å². The number of nitriles is 1. The third-order valence-electron chi connectivity index (χ3n) is 2.93. The van der Waals surface area contributed by atoms with Gasteiger partial charge in [0.05, 0.1) is 0 Å². The molecule has 0 aliphatic carbocycles. The van der Waals surface area contributed by atoms with Crippen molar-refractivity contribution in [3.63, 3.8) is 0 Å². The van der Waals surface area contributed by atoms with Crippen LogP contribution in [-0.4, -0.2) is 30.4 Å². The second kappa shape index (κ2) is 6.74. The summed E-state index contributed by atoms with van der Waals surface area (Å²) in [6, 6.07) is 1.94. The van der Waals surface area contributed by atoms with Crippen molar-refractivity contribution in [1.29, 1.82) is 5.26 Å². The van der Waals surface area contributed by atoms with Gasteiger partial charge < -0.3 is 10.2 Å². The van der Waals surface area contributed by atoms with Crippen molar-refractivity contribution in [2.75, 3.05) is 19.6 Å². The van der Waals surface area contributed by atoms with Crippen molar-refractivity contribution in [3.05, 3.63) is 24.4 Å². The summed E-state index contributed by atoms with van der Waals surface area (Å²) in [6.07, 6.45) is 5.19. The quantitative estimate of drug-likeness (QED) is 0.346. The fourth-order valence-corrected chi connectivity index (χ4v) is 1.77. The predicted octanol–water partition coefficient (Wildman–Crippen LogP) is 1.43. The Morgan fingerprint density at radius 2 is 2.24 bits per heavy atom. The molecule has 0 spiro atoms. The maximum atomic E-state index is 12.0. The molecule has 4 nitrogen and oxygen atoms in total. The highest BCUT2D eigenvalue weighted by atomic mass is 16.2. The molecule has 4 heteroatoms. The lowest BCUT2D eigenvalue weighted by Crippen LogP contribution is -2.38. The van der Waals surface area contributed by atoms with Crippen LogP contribution in [0.15, 0.2) is 24.4 Å². The number of carbonyl (C=O) groups excluding carboxylic acids is 1. The van der Waals surface area contributed by atoms with Crippen LogP contribution in [0.5, 0.6) is 0 Å². The molecule has 0 saturated carbocycles. The summed E-state index contributed by atoms with van der Waals surface area (Å²) in [6.45, 7) is 7.80. The lowest BCUT2D eigenvalue weighted by Gasteiger charge is -2.30. The molecule has 1 aliphatic heterocycles. The number of piperidine rings is 1. The van der Waals surface area contributed by atoms with Crippen molar-refractivity contribution < 1.29 is 4.79 Å². The largest absolute Gasteiger partial charge is 0.386 e. The predicted molar refractivity (Wildman–Crippen MR) is 66.9 cm³/mol. The van der Waals surface area contributed by atoms with Gasteiger partial charge in [0.15, 0.2) is 0 Å². The summed E-state index contributed by atoms with van der Waals surface area (Å²) in [4.78, 5) is 13.8. The molecule has 1 amide bonds. The number of amides is 1. The zero-order chi connectivity index (χ0) is 12.7. The van der Waals surface area contributed by atoms with Gasteiger partial charge in [-0.15, -0.1) is 6.58 Å². The molecule has 17 heavy (non-hydrogen) atoms. The van der Waals surface area contributed by atoms with Gasteiger partial charge in [-0.1, -0.05) is 13.0 Å². The van der Waals surface area contributed by atoms with Crippen LogP contribution >= 0.6 is 0 Å². The number of likely N-dealkylation sites (tertiary alicyclic amines) is 1. The molecule has 1 aliphatic rings. The minimum Gasteiger partial charge on any atom is -0.386 e.